The van der Waals surface area contributed by atoms with Gasteiger partial charge in [-0.3, -0.25) is 0 Å². The second kappa shape index (κ2) is 7.55. The molecule has 2 aliphatic heterocycles. The third-order valence-electron chi connectivity index (χ3n) is 5.17. The Labute approximate surface area is 164 Å². The van der Waals surface area contributed by atoms with Gasteiger partial charge in [-0.25, -0.2) is 0 Å². The van der Waals surface area contributed by atoms with Crippen molar-refractivity contribution in [1.82, 2.24) is 0 Å². The van der Waals surface area contributed by atoms with Crippen molar-refractivity contribution >= 4 is 0 Å². The van der Waals surface area contributed by atoms with Crippen molar-refractivity contribution in [1.29, 1.82) is 0 Å². The van der Waals surface area contributed by atoms with Crippen LogP contribution in [0.1, 0.15) is 19.4 Å². The zero-order valence-electron chi connectivity index (χ0n) is 16.1. The summed E-state index contributed by atoms with van der Waals surface area (Å²) in [6.07, 6.45) is -3.04. The first-order valence-corrected chi connectivity index (χ1v) is 9.49. The monoisotopic (exact) mass is 386 g/mol. The van der Waals surface area contributed by atoms with Gasteiger partial charge in [0.05, 0.1) is 13.2 Å². The molecule has 2 heterocycles. The molecule has 4 rings (SSSR count). The van der Waals surface area contributed by atoms with Crippen LogP contribution in [-0.4, -0.2) is 53.3 Å². The van der Waals surface area contributed by atoms with E-state index in [1.165, 1.54) is 0 Å². The van der Waals surface area contributed by atoms with E-state index < -0.39 is 29.9 Å². The van der Waals surface area contributed by atoms with E-state index in [0.717, 1.165) is 16.7 Å². The summed E-state index contributed by atoms with van der Waals surface area (Å²) in [6.45, 7) is 3.90. The zero-order chi connectivity index (χ0) is 19.8. The standard InChI is InChI=1S/C22H26O6/c1-21(2)27-14-22(28-21)20(19(24)18(23)13-26-22)25-12-15-8-10-17(11-9-15)16-6-4-3-5-7-16/h3-11,18-20,23-24H,12-14H2,1-2H3/t18-,19-,20+,22+/m1/s1. The lowest BCUT2D eigenvalue weighted by molar-refractivity contribution is -0.347. The molecule has 0 bridgehead atoms. The van der Waals surface area contributed by atoms with Crippen LogP contribution in [-0.2, 0) is 25.6 Å². The summed E-state index contributed by atoms with van der Waals surface area (Å²) in [5.74, 6) is -2.08. The minimum atomic E-state index is -1.23. The molecule has 2 aliphatic rings. The molecule has 2 fully saturated rings. The van der Waals surface area contributed by atoms with E-state index in [-0.39, 0.29) is 19.8 Å². The van der Waals surface area contributed by atoms with Crippen molar-refractivity contribution in [2.24, 2.45) is 0 Å². The Hall–Kier alpha value is -1.80. The van der Waals surface area contributed by atoms with Gasteiger partial charge in [0.25, 0.3) is 0 Å². The van der Waals surface area contributed by atoms with Gasteiger partial charge in [0.15, 0.2) is 5.79 Å². The van der Waals surface area contributed by atoms with Crippen molar-refractivity contribution in [3.63, 3.8) is 0 Å². The number of aliphatic hydroxyl groups is 2. The summed E-state index contributed by atoms with van der Waals surface area (Å²) in [5, 5.41) is 20.5. The highest BCUT2D eigenvalue weighted by Crippen LogP contribution is 2.40. The SMILES string of the molecule is CC1(C)OC[C@]2(OC[C@@H](O)[C@@H](O)[C@@H]2OCc2ccc(-c3ccccc3)cc2)O1. The van der Waals surface area contributed by atoms with Gasteiger partial charge in [-0.15, -0.1) is 0 Å². The van der Waals surface area contributed by atoms with Gasteiger partial charge < -0.3 is 29.2 Å². The summed E-state index contributed by atoms with van der Waals surface area (Å²) >= 11 is 0. The fourth-order valence-electron chi connectivity index (χ4n) is 3.67. The van der Waals surface area contributed by atoms with Crippen LogP contribution in [0, 0.1) is 0 Å². The number of benzene rings is 2. The molecule has 0 unspecified atom stereocenters. The minimum Gasteiger partial charge on any atom is -0.388 e. The van der Waals surface area contributed by atoms with Crippen LogP contribution in [0.15, 0.2) is 54.6 Å². The van der Waals surface area contributed by atoms with E-state index >= 15 is 0 Å². The lowest BCUT2D eigenvalue weighted by Crippen LogP contribution is -2.63. The Kier molecular flexibility index (Phi) is 5.26. The number of ether oxygens (including phenoxy) is 4. The van der Waals surface area contributed by atoms with Crippen LogP contribution in [0.4, 0.5) is 0 Å². The molecular formula is C22H26O6. The first kappa shape index (κ1) is 19.5. The van der Waals surface area contributed by atoms with Gasteiger partial charge in [-0.05, 0) is 30.5 Å². The molecule has 0 saturated carbocycles. The quantitative estimate of drug-likeness (QED) is 0.841. The topological polar surface area (TPSA) is 77.4 Å². The highest BCUT2D eigenvalue weighted by Gasteiger charge is 2.58. The minimum absolute atomic E-state index is 0.0355. The molecule has 2 saturated heterocycles. The van der Waals surface area contributed by atoms with E-state index in [1.54, 1.807) is 13.8 Å². The summed E-state index contributed by atoms with van der Waals surface area (Å²) in [4.78, 5) is 0. The predicted molar refractivity (Wildman–Crippen MR) is 102 cm³/mol. The molecule has 0 aliphatic carbocycles. The molecule has 150 valence electrons. The molecule has 2 N–H and O–H groups in total. The maximum absolute atomic E-state index is 10.5. The molecule has 28 heavy (non-hydrogen) atoms. The summed E-state index contributed by atoms with van der Waals surface area (Å²) in [5.41, 5.74) is 3.21. The second-order valence-corrected chi connectivity index (χ2v) is 7.77. The molecule has 6 nitrogen and oxygen atoms in total. The highest BCUT2D eigenvalue weighted by molar-refractivity contribution is 5.63. The number of hydrogen-bond acceptors (Lipinski definition) is 6. The van der Waals surface area contributed by atoms with Crippen molar-refractivity contribution in [2.45, 2.75) is 50.3 Å². The summed E-state index contributed by atoms with van der Waals surface area (Å²) < 4.78 is 23.3. The largest absolute Gasteiger partial charge is 0.388 e. The van der Waals surface area contributed by atoms with Crippen LogP contribution in [0.3, 0.4) is 0 Å². The van der Waals surface area contributed by atoms with Crippen LogP contribution in [0.2, 0.25) is 0 Å². The molecule has 1 spiro atoms. The third-order valence-corrected chi connectivity index (χ3v) is 5.17. The van der Waals surface area contributed by atoms with Gasteiger partial charge in [-0.1, -0.05) is 54.6 Å². The van der Waals surface area contributed by atoms with Crippen LogP contribution in [0.5, 0.6) is 0 Å². The maximum Gasteiger partial charge on any atom is 0.224 e. The third kappa shape index (κ3) is 3.85. The lowest BCUT2D eigenvalue weighted by atomic mass is 9.97. The van der Waals surface area contributed by atoms with Gasteiger partial charge in [0.1, 0.15) is 24.9 Å². The van der Waals surface area contributed by atoms with Gasteiger partial charge >= 0.3 is 0 Å². The van der Waals surface area contributed by atoms with Gasteiger partial charge in [-0.2, -0.15) is 0 Å². The first-order valence-electron chi connectivity index (χ1n) is 9.49. The van der Waals surface area contributed by atoms with E-state index in [1.807, 2.05) is 42.5 Å². The Morgan fingerprint density at radius 1 is 0.964 bits per heavy atom. The maximum atomic E-state index is 10.5. The molecule has 0 aromatic heterocycles. The lowest BCUT2D eigenvalue weighted by Gasteiger charge is -2.44. The van der Waals surface area contributed by atoms with Crippen molar-refractivity contribution in [2.75, 3.05) is 13.2 Å². The molecule has 2 aromatic rings. The Balaban J connectivity index is 1.47. The molecule has 6 heteroatoms. The average molecular weight is 386 g/mol. The second-order valence-electron chi connectivity index (χ2n) is 7.77. The van der Waals surface area contributed by atoms with Gasteiger partial charge in [0, 0.05) is 0 Å². The van der Waals surface area contributed by atoms with Crippen LogP contribution >= 0.6 is 0 Å². The fourth-order valence-corrected chi connectivity index (χ4v) is 3.67. The molecular weight excluding hydrogens is 360 g/mol. The van der Waals surface area contributed by atoms with E-state index in [2.05, 4.69) is 12.1 Å². The summed E-state index contributed by atoms with van der Waals surface area (Å²) in [6, 6.07) is 18.2. The Bertz CT molecular complexity index is 790. The number of aliphatic hydroxyl groups excluding tert-OH is 2. The average Bonchev–Trinajstić information content (AvgIpc) is 3.01. The molecule has 0 radical (unpaired) electrons. The Morgan fingerprint density at radius 2 is 1.64 bits per heavy atom. The predicted octanol–water partition coefficient (Wildman–Crippen LogP) is 2.47. The van der Waals surface area contributed by atoms with Crippen molar-refractivity contribution in [3.05, 3.63) is 60.2 Å². The van der Waals surface area contributed by atoms with Crippen LogP contribution in [0.25, 0.3) is 11.1 Å². The molecule has 0 amide bonds. The fraction of sp³-hybridized carbons (Fsp3) is 0.455. The van der Waals surface area contributed by atoms with Crippen molar-refractivity contribution < 1.29 is 29.2 Å². The smallest absolute Gasteiger partial charge is 0.224 e. The van der Waals surface area contributed by atoms with Crippen molar-refractivity contribution in [3.8, 4) is 11.1 Å². The highest BCUT2D eigenvalue weighted by atomic mass is 16.8. The number of hydrogen-bond donors (Lipinski definition) is 2. The van der Waals surface area contributed by atoms with Crippen LogP contribution < -0.4 is 0 Å². The van der Waals surface area contributed by atoms with E-state index in [9.17, 15) is 10.2 Å². The summed E-state index contributed by atoms with van der Waals surface area (Å²) in [7, 11) is 0. The van der Waals surface area contributed by atoms with E-state index in [4.69, 9.17) is 18.9 Å². The van der Waals surface area contributed by atoms with E-state index in [0.29, 0.717) is 0 Å². The molecule has 4 atom stereocenters. The Morgan fingerprint density at radius 3 is 2.29 bits per heavy atom. The number of rotatable bonds is 4. The molecule has 2 aromatic carbocycles. The zero-order valence-corrected chi connectivity index (χ0v) is 16.1. The normalized spacial score (nSPS) is 31.9. The van der Waals surface area contributed by atoms with Gasteiger partial charge in [0.2, 0.25) is 5.79 Å². The first-order chi connectivity index (χ1) is 13.4.